The zero-order valence-corrected chi connectivity index (χ0v) is 11.2. The van der Waals surface area contributed by atoms with Crippen LogP contribution in [0.2, 0.25) is 0 Å². The molecule has 0 saturated carbocycles. The van der Waals surface area contributed by atoms with Gasteiger partial charge in [-0.25, -0.2) is 0 Å². The van der Waals surface area contributed by atoms with Gasteiger partial charge in [-0.2, -0.15) is 0 Å². The third-order valence-electron chi connectivity index (χ3n) is 3.15. The quantitative estimate of drug-likeness (QED) is 0.825. The van der Waals surface area contributed by atoms with Gasteiger partial charge < -0.3 is 11.1 Å². The van der Waals surface area contributed by atoms with Crippen LogP contribution in [-0.4, -0.2) is 5.91 Å². The van der Waals surface area contributed by atoms with Gasteiger partial charge >= 0.3 is 0 Å². The monoisotopic (exact) mass is 254 g/mol. The van der Waals surface area contributed by atoms with Crippen LogP contribution in [0.15, 0.2) is 42.5 Å². The summed E-state index contributed by atoms with van der Waals surface area (Å²) in [7, 11) is 0. The Balaban J connectivity index is 2.28. The van der Waals surface area contributed by atoms with Crippen LogP contribution in [0.3, 0.4) is 0 Å². The number of carbonyl (C=O) groups is 1. The number of nitrogens with one attached hydrogen (secondary N) is 1. The van der Waals surface area contributed by atoms with Crippen molar-refractivity contribution >= 4 is 17.3 Å². The van der Waals surface area contributed by atoms with Crippen LogP contribution in [-0.2, 0) is 6.42 Å². The number of anilines is 2. The Morgan fingerprint density at radius 3 is 2.68 bits per heavy atom. The van der Waals surface area contributed by atoms with Crippen molar-refractivity contribution in [1.29, 1.82) is 0 Å². The lowest BCUT2D eigenvalue weighted by molar-refractivity contribution is 0.102. The van der Waals surface area contributed by atoms with Crippen molar-refractivity contribution in [2.75, 3.05) is 11.1 Å². The summed E-state index contributed by atoms with van der Waals surface area (Å²) in [6.45, 7) is 3.98. The van der Waals surface area contributed by atoms with Crippen LogP contribution >= 0.6 is 0 Å². The van der Waals surface area contributed by atoms with Crippen molar-refractivity contribution in [2.24, 2.45) is 0 Å². The van der Waals surface area contributed by atoms with Crippen LogP contribution in [0.1, 0.15) is 28.4 Å². The number of rotatable bonds is 3. The molecular weight excluding hydrogens is 236 g/mol. The van der Waals surface area contributed by atoms with E-state index >= 15 is 0 Å². The molecule has 3 heteroatoms. The van der Waals surface area contributed by atoms with E-state index in [9.17, 15) is 4.79 Å². The normalized spacial score (nSPS) is 10.2. The summed E-state index contributed by atoms with van der Waals surface area (Å²) in [6, 6.07) is 13.1. The predicted octanol–water partition coefficient (Wildman–Crippen LogP) is 3.39. The molecule has 3 N–H and O–H groups in total. The number of aryl methyl sites for hydroxylation is 2. The molecule has 0 spiro atoms. The second-order valence-electron chi connectivity index (χ2n) is 4.54. The van der Waals surface area contributed by atoms with E-state index in [1.807, 2.05) is 50.2 Å². The Hall–Kier alpha value is -2.29. The predicted molar refractivity (Wildman–Crippen MR) is 79.4 cm³/mol. The lowest BCUT2D eigenvalue weighted by Gasteiger charge is -2.11. The lowest BCUT2D eigenvalue weighted by Crippen LogP contribution is -2.15. The van der Waals surface area contributed by atoms with Gasteiger partial charge in [0, 0.05) is 16.9 Å². The molecule has 19 heavy (non-hydrogen) atoms. The summed E-state index contributed by atoms with van der Waals surface area (Å²) in [5.41, 5.74) is 9.90. The van der Waals surface area contributed by atoms with E-state index in [-0.39, 0.29) is 5.91 Å². The van der Waals surface area contributed by atoms with Crippen molar-refractivity contribution in [1.82, 2.24) is 0 Å². The van der Waals surface area contributed by atoms with Gasteiger partial charge in [-0.3, -0.25) is 4.79 Å². The lowest BCUT2D eigenvalue weighted by atomic mass is 10.0. The first-order valence-corrected chi connectivity index (χ1v) is 6.37. The van der Waals surface area contributed by atoms with Gasteiger partial charge in [-0.15, -0.1) is 0 Å². The summed E-state index contributed by atoms with van der Waals surface area (Å²) in [4.78, 5) is 12.3. The van der Waals surface area contributed by atoms with Crippen molar-refractivity contribution < 1.29 is 4.79 Å². The van der Waals surface area contributed by atoms with Crippen LogP contribution in [0, 0.1) is 6.92 Å². The van der Waals surface area contributed by atoms with Crippen LogP contribution in [0.25, 0.3) is 0 Å². The SMILES string of the molecule is CCc1ccccc1C(=O)Nc1cc(N)ccc1C. The molecule has 0 radical (unpaired) electrons. The molecule has 0 fully saturated rings. The number of benzene rings is 2. The highest BCUT2D eigenvalue weighted by Crippen LogP contribution is 2.20. The maximum atomic E-state index is 12.3. The number of carbonyl (C=O) groups excluding carboxylic acids is 1. The maximum Gasteiger partial charge on any atom is 0.255 e. The average molecular weight is 254 g/mol. The molecule has 1 amide bonds. The number of nitrogen functional groups attached to an aromatic ring is 1. The first-order valence-electron chi connectivity index (χ1n) is 6.37. The van der Waals surface area contributed by atoms with Gasteiger partial charge in [0.2, 0.25) is 0 Å². The highest BCUT2D eigenvalue weighted by molar-refractivity contribution is 6.05. The van der Waals surface area contributed by atoms with Crippen molar-refractivity contribution in [3.05, 3.63) is 59.2 Å². The molecule has 0 saturated heterocycles. The minimum absolute atomic E-state index is 0.0915. The zero-order valence-electron chi connectivity index (χ0n) is 11.2. The highest BCUT2D eigenvalue weighted by atomic mass is 16.1. The molecule has 0 aliphatic rings. The Morgan fingerprint density at radius 1 is 1.21 bits per heavy atom. The number of nitrogens with two attached hydrogens (primary N) is 1. The molecule has 0 heterocycles. The largest absolute Gasteiger partial charge is 0.399 e. The molecule has 2 aromatic carbocycles. The molecular formula is C16H18N2O. The van der Waals surface area contributed by atoms with E-state index in [1.165, 1.54) is 0 Å². The molecule has 98 valence electrons. The molecule has 2 aromatic rings. The van der Waals surface area contributed by atoms with Crippen LogP contribution in [0.4, 0.5) is 11.4 Å². The summed E-state index contributed by atoms with van der Waals surface area (Å²) < 4.78 is 0. The fourth-order valence-corrected chi connectivity index (χ4v) is 2.01. The standard InChI is InChI=1S/C16H18N2O/c1-3-12-6-4-5-7-14(12)16(19)18-15-10-13(17)9-8-11(15)2/h4-10H,3,17H2,1-2H3,(H,18,19). The van der Waals surface area contributed by atoms with Crippen molar-refractivity contribution in [2.45, 2.75) is 20.3 Å². The Labute approximate surface area is 113 Å². The van der Waals surface area contributed by atoms with Gasteiger partial charge in [0.05, 0.1) is 0 Å². The van der Waals surface area contributed by atoms with Crippen molar-refractivity contribution in [3.8, 4) is 0 Å². The van der Waals surface area contributed by atoms with Gasteiger partial charge in [-0.05, 0) is 42.7 Å². The Morgan fingerprint density at radius 2 is 1.95 bits per heavy atom. The molecule has 0 aliphatic carbocycles. The smallest absolute Gasteiger partial charge is 0.255 e. The third-order valence-corrected chi connectivity index (χ3v) is 3.15. The van der Waals surface area contributed by atoms with E-state index in [2.05, 4.69) is 5.32 Å². The fourth-order valence-electron chi connectivity index (χ4n) is 2.01. The first kappa shape index (κ1) is 13.1. The van der Waals surface area contributed by atoms with E-state index in [1.54, 1.807) is 6.07 Å². The molecule has 2 rings (SSSR count). The van der Waals surface area contributed by atoms with E-state index in [0.717, 1.165) is 23.2 Å². The molecule has 0 aromatic heterocycles. The minimum Gasteiger partial charge on any atom is -0.399 e. The third kappa shape index (κ3) is 2.94. The Kier molecular flexibility index (Phi) is 3.85. The van der Waals surface area contributed by atoms with Crippen LogP contribution in [0.5, 0.6) is 0 Å². The zero-order chi connectivity index (χ0) is 13.8. The second kappa shape index (κ2) is 5.57. The topological polar surface area (TPSA) is 55.1 Å². The van der Waals surface area contributed by atoms with Gasteiger partial charge in [0.25, 0.3) is 5.91 Å². The summed E-state index contributed by atoms with van der Waals surface area (Å²) in [5.74, 6) is -0.0915. The van der Waals surface area contributed by atoms with E-state index in [4.69, 9.17) is 5.73 Å². The van der Waals surface area contributed by atoms with Crippen molar-refractivity contribution in [3.63, 3.8) is 0 Å². The summed E-state index contributed by atoms with van der Waals surface area (Å²) in [5, 5.41) is 2.92. The fraction of sp³-hybridized carbons (Fsp3) is 0.188. The molecule has 3 nitrogen and oxygen atoms in total. The number of hydrogen-bond acceptors (Lipinski definition) is 2. The molecule has 0 bridgehead atoms. The number of hydrogen-bond donors (Lipinski definition) is 2. The second-order valence-corrected chi connectivity index (χ2v) is 4.54. The highest BCUT2D eigenvalue weighted by Gasteiger charge is 2.11. The maximum absolute atomic E-state index is 12.3. The minimum atomic E-state index is -0.0915. The van der Waals surface area contributed by atoms with Gasteiger partial charge in [-0.1, -0.05) is 31.2 Å². The molecule has 0 unspecified atom stereocenters. The molecule has 0 atom stereocenters. The van der Waals surface area contributed by atoms with Gasteiger partial charge in [0.1, 0.15) is 0 Å². The van der Waals surface area contributed by atoms with E-state index in [0.29, 0.717) is 11.3 Å². The summed E-state index contributed by atoms with van der Waals surface area (Å²) >= 11 is 0. The summed E-state index contributed by atoms with van der Waals surface area (Å²) in [6.07, 6.45) is 0.833. The van der Waals surface area contributed by atoms with Gasteiger partial charge in [0.15, 0.2) is 0 Å². The first-order chi connectivity index (χ1) is 9.11. The Bertz CT molecular complexity index is 605. The number of amides is 1. The van der Waals surface area contributed by atoms with E-state index < -0.39 is 0 Å². The average Bonchev–Trinajstić information content (AvgIpc) is 2.42. The molecule has 0 aliphatic heterocycles. The van der Waals surface area contributed by atoms with Crippen LogP contribution < -0.4 is 11.1 Å².